The highest BCUT2D eigenvalue weighted by atomic mass is 16.2. The van der Waals surface area contributed by atoms with E-state index in [0.29, 0.717) is 13.0 Å². The number of amides is 2. The Morgan fingerprint density at radius 1 is 1.24 bits per heavy atom. The van der Waals surface area contributed by atoms with Gasteiger partial charge in [0.15, 0.2) is 0 Å². The minimum atomic E-state index is 0.00148. The summed E-state index contributed by atoms with van der Waals surface area (Å²) in [4.78, 5) is 27.8. The van der Waals surface area contributed by atoms with Crippen LogP contribution in [0, 0.1) is 0 Å². The number of carbonyl (C=O) groups is 2. The summed E-state index contributed by atoms with van der Waals surface area (Å²) in [6.07, 6.45) is 3.59. The zero-order valence-electron chi connectivity index (χ0n) is 12.9. The summed E-state index contributed by atoms with van der Waals surface area (Å²) in [5.74, 6) is 0.114. The van der Waals surface area contributed by atoms with Gasteiger partial charge in [-0.25, -0.2) is 0 Å². The van der Waals surface area contributed by atoms with Crippen LogP contribution in [0.3, 0.4) is 0 Å². The maximum absolute atomic E-state index is 12.4. The lowest BCUT2D eigenvalue weighted by Gasteiger charge is -2.28. The molecule has 21 heavy (non-hydrogen) atoms. The van der Waals surface area contributed by atoms with E-state index < -0.39 is 0 Å². The Balaban J connectivity index is 1.97. The zero-order chi connectivity index (χ0) is 15.2. The first kappa shape index (κ1) is 15.5. The van der Waals surface area contributed by atoms with Crippen molar-refractivity contribution >= 4 is 11.8 Å². The maximum atomic E-state index is 12.4. The molecule has 0 aliphatic carbocycles. The van der Waals surface area contributed by atoms with Crippen molar-refractivity contribution in [2.75, 3.05) is 20.1 Å². The Morgan fingerprint density at radius 3 is 2.67 bits per heavy atom. The van der Waals surface area contributed by atoms with Crippen LogP contribution in [-0.4, -0.2) is 41.8 Å². The van der Waals surface area contributed by atoms with Crippen LogP contribution in [0.5, 0.6) is 0 Å². The first-order valence-corrected chi connectivity index (χ1v) is 7.68. The van der Waals surface area contributed by atoms with Gasteiger partial charge in [-0.15, -0.1) is 0 Å². The predicted octanol–water partition coefficient (Wildman–Crippen LogP) is 2.61. The summed E-state index contributed by atoms with van der Waals surface area (Å²) in [7, 11) is 1.81. The number of likely N-dealkylation sites (tertiary alicyclic amines) is 1. The second kappa shape index (κ2) is 7.25. The van der Waals surface area contributed by atoms with Crippen LogP contribution in [0.15, 0.2) is 30.3 Å². The van der Waals surface area contributed by atoms with Gasteiger partial charge in [-0.3, -0.25) is 9.59 Å². The predicted molar refractivity (Wildman–Crippen MR) is 82.7 cm³/mol. The Labute approximate surface area is 126 Å². The summed E-state index contributed by atoms with van der Waals surface area (Å²) >= 11 is 0. The molecule has 0 saturated carbocycles. The van der Waals surface area contributed by atoms with E-state index in [1.54, 1.807) is 9.80 Å². The fourth-order valence-corrected chi connectivity index (χ4v) is 2.65. The molecule has 0 bridgehead atoms. The van der Waals surface area contributed by atoms with Crippen LogP contribution in [0.1, 0.15) is 44.2 Å². The van der Waals surface area contributed by atoms with E-state index in [0.717, 1.165) is 24.8 Å². The minimum absolute atomic E-state index is 0.00148. The smallest absolute Gasteiger partial charge is 0.242 e. The highest BCUT2D eigenvalue weighted by Crippen LogP contribution is 2.19. The van der Waals surface area contributed by atoms with E-state index in [2.05, 4.69) is 0 Å². The monoisotopic (exact) mass is 288 g/mol. The van der Waals surface area contributed by atoms with E-state index in [4.69, 9.17) is 0 Å². The van der Waals surface area contributed by atoms with Gasteiger partial charge in [-0.1, -0.05) is 36.8 Å². The number of rotatable bonds is 4. The molecular formula is C17H24N2O2. The molecule has 1 aliphatic rings. The summed E-state index contributed by atoms with van der Waals surface area (Å²) < 4.78 is 0. The normalized spacial score (nSPS) is 17.2. The molecule has 1 saturated heterocycles. The molecule has 1 aliphatic heterocycles. The average molecular weight is 288 g/mol. The fraction of sp³-hybridized carbons (Fsp3) is 0.529. The molecule has 1 aromatic carbocycles. The van der Waals surface area contributed by atoms with Gasteiger partial charge in [0.25, 0.3) is 0 Å². The summed E-state index contributed by atoms with van der Waals surface area (Å²) in [5, 5.41) is 0. The lowest BCUT2D eigenvalue weighted by atomic mass is 10.1. The minimum Gasteiger partial charge on any atom is -0.337 e. The summed E-state index contributed by atoms with van der Waals surface area (Å²) in [5.41, 5.74) is 1.11. The van der Waals surface area contributed by atoms with Crippen molar-refractivity contribution in [3.05, 3.63) is 35.9 Å². The molecule has 4 nitrogen and oxygen atoms in total. The third-order valence-electron chi connectivity index (χ3n) is 4.25. The van der Waals surface area contributed by atoms with Crippen molar-refractivity contribution in [2.24, 2.45) is 0 Å². The number of carbonyl (C=O) groups excluding carboxylic acids is 2. The van der Waals surface area contributed by atoms with Crippen LogP contribution in [0.4, 0.5) is 0 Å². The molecule has 0 N–H and O–H groups in total. The summed E-state index contributed by atoms with van der Waals surface area (Å²) in [6.45, 7) is 2.92. The largest absolute Gasteiger partial charge is 0.337 e. The second-order valence-corrected chi connectivity index (χ2v) is 5.72. The molecule has 0 radical (unpaired) electrons. The molecular weight excluding hydrogens is 264 g/mol. The molecule has 1 heterocycles. The topological polar surface area (TPSA) is 40.6 Å². The van der Waals surface area contributed by atoms with E-state index in [9.17, 15) is 9.59 Å². The Morgan fingerprint density at radius 2 is 1.95 bits per heavy atom. The molecule has 1 atom stereocenters. The molecule has 2 amide bonds. The lowest BCUT2D eigenvalue weighted by Crippen LogP contribution is -2.42. The van der Waals surface area contributed by atoms with Gasteiger partial charge >= 0.3 is 0 Å². The van der Waals surface area contributed by atoms with Crippen molar-refractivity contribution in [3.63, 3.8) is 0 Å². The number of nitrogens with zero attached hydrogens (tertiary/aromatic N) is 2. The van der Waals surface area contributed by atoms with Crippen LogP contribution in [0.2, 0.25) is 0 Å². The quantitative estimate of drug-likeness (QED) is 0.854. The van der Waals surface area contributed by atoms with Crippen molar-refractivity contribution in [2.45, 2.75) is 38.6 Å². The molecule has 114 valence electrons. The lowest BCUT2D eigenvalue weighted by molar-refractivity contribution is -0.140. The van der Waals surface area contributed by atoms with Gasteiger partial charge in [-0.05, 0) is 25.3 Å². The number of benzene rings is 1. The van der Waals surface area contributed by atoms with Crippen LogP contribution in [0.25, 0.3) is 0 Å². The zero-order valence-corrected chi connectivity index (χ0v) is 12.9. The van der Waals surface area contributed by atoms with Crippen LogP contribution in [-0.2, 0) is 9.59 Å². The molecule has 4 heteroatoms. The average Bonchev–Trinajstić information content (AvgIpc) is 2.71. The van der Waals surface area contributed by atoms with Gasteiger partial charge in [0.05, 0.1) is 12.6 Å². The highest BCUT2D eigenvalue weighted by Gasteiger charge is 2.23. The fourth-order valence-electron chi connectivity index (χ4n) is 2.65. The van der Waals surface area contributed by atoms with E-state index >= 15 is 0 Å². The molecule has 1 aromatic rings. The third kappa shape index (κ3) is 4.06. The van der Waals surface area contributed by atoms with Crippen molar-refractivity contribution in [3.8, 4) is 0 Å². The van der Waals surface area contributed by atoms with Gasteiger partial charge < -0.3 is 9.80 Å². The highest BCUT2D eigenvalue weighted by molar-refractivity contribution is 5.85. The third-order valence-corrected chi connectivity index (χ3v) is 4.25. The second-order valence-electron chi connectivity index (χ2n) is 5.72. The van der Waals surface area contributed by atoms with Gasteiger partial charge in [0, 0.05) is 20.0 Å². The number of hydrogen-bond donors (Lipinski definition) is 0. The van der Waals surface area contributed by atoms with Crippen molar-refractivity contribution < 1.29 is 9.59 Å². The summed E-state index contributed by atoms with van der Waals surface area (Å²) in [6, 6.07) is 9.97. The van der Waals surface area contributed by atoms with Crippen molar-refractivity contribution in [1.82, 2.24) is 9.80 Å². The van der Waals surface area contributed by atoms with Crippen LogP contribution >= 0.6 is 0 Å². The Hall–Kier alpha value is -1.84. The Kier molecular flexibility index (Phi) is 5.37. The van der Waals surface area contributed by atoms with Crippen molar-refractivity contribution in [1.29, 1.82) is 0 Å². The molecule has 1 fully saturated rings. The van der Waals surface area contributed by atoms with E-state index in [1.165, 1.54) is 0 Å². The van der Waals surface area contributed by atoms with Gasteiger partial charge in [-0.2, -0.15) is 0 Å². The molecule has 1 unspecified atom stereocenters. The number of likely N-dealkylation sites (N-methyl/N-ethyl adjacent to an activating group) is 1. The molecule has 2 rings (SSSR count). The van der Waals surface area contributed by atoms with Crippen LogP contribution < -0.4 is 0 Å². The SMILES string of the molecule is CC(c1ccccc1)N(C)C(=O)CN1CCCCCC1=O. The van der Waals surface area contributed by atoms with Gasteiger partial charge in [0.2, 0.25) is 11.8 Å². The standard InChI is InChI=1S/C17H24N2O2/c1-14(15-9-5-3-6-10-15)18(2)17(21)13-19-12-8-4-7-11-16(19)20/h3,5-6,9-10,14H,4,7-8,11-13H2,1-2H3. The first-order valence-electron chi connectivity index (χ1n) is 7.68. The molecule has 0 aromatic heterocycles. The van der Waals surface area contributed by atoms with E-state index in [-0.39, 0.29) is 24.4 Å². The first-order chi connectivity index (χ1) is 10.1. The Bertz CT molecular complexity index is 487. The van der Waals surface area contributed by atoms with Gasteiger partial charge in [0.1, 0.15) is 0 Å². The maximum Gasteiger partial charge on any atom is 0.242 e. The number of hydrogen-bond acceptors (Lipinski definition) is 2. The molecule has 0 spiro atoms. The van der Waals surface area contributed by atoms with E-state index in [1.807, 2.05) is 44.3 Å².